The summed E-state index contributed by atoms with van der Waals surface area (Å²) in [4.78, 5) is 0. The Bertz CT molecular complexity index is 768. The van der Waals surface area contributed by atoms with Gasteiger partial charge in [-0.1, -0.05) is 79.6 Å². The van der Waals surface area contributed by atoms with Crippen LogP contribution in [-0.4, -0.2) is 0 Å². The van der Waals surface area contributed by atoms with Crippen LogP contribution in [0.2, 0.25) is 0 Å². The van der Waals surface area contributed by atoms with Gasteiger partial charge in [0.2, 0.25) is 0 Å². The molecule has 0 radical (unpaired) electrons. The largest absolute Gasteiger partial charge is 0.0792 e. The molecule has 0 bridgehead atoms. The predicted octanol–water partition coefficient (Wildman–Crippen LogP) is 6.16. The Kier molecular flexibility index (Phi) is 3.56. The van der Waals surface area contributed by atoms with Gasteiger partial charge in [-0.25, -0.2) is 0 Å². The molecule has 0 amide bonds. The molecule has 22 heavy (non-hydrogen) atoms. The van der Waals surface area contributed by atoms with Crippen molar-refractivity contribution < 1.29 is 0 Å². The number of fused-ring (bicyclic) bond motifs is 1. The van der Waals surface area contributed by atoms with Crippen molar-refractivity contribution in [3.05, 3.63) is 82.4 Å². The van der Waals surface area contributed by atoms with E-state index in [0.717, 1.165) is 0 Å². The number of hydrogen-bond acceptors (Lipinski definition) is 0. The van der Waals surface area contributed by atoms with Gasteiger partial charge in [-0.3, -0.25) is 0 Å². The fourth-order valence-electron chi connectivity index (χ4n) is 3.50. The van der Waals surface area contributed by atoms with Crippen molar-refractivity contribution in [2.75, 3.05) is 0 Å². The highest BCUT2D eigenvalue weighted by Gasteiger charge is 2.35. The lowest BCUT2D eigenvalue weighted by atomic mass is 9.82. The van der Waals surface area contributed by atoms with Crippen LogP contribution in [0.1, 0.15) is 49.9 Å². The lowest BCUT2D eigenvalue weighted by molar-refractivity contribution is 0.639. The third kappa shape index (κ3) is 2.14. The maximum absolute atomic E-state index is 2.33. The number of aryl methyl sites for hydroxylation is 1. The molecular weight excluding hydrogens is 264 g/mol. The third-order valence-corrected chi connectivity index (χ3v) is 5.10. The van der Waals surface area contributed by atoms with Crippen LogP contribution in [0.25, 0.3) is 11.1 Å². The highest BCUT2D eigenvalue weighted by atomic mass is 14.4. The standard InChI is InChI=1S/C22H24/c1-6-18(17-13-11-15(2)12-14-17)21-16(3)22(4,5)20-10-8-7-9-19(20)21/h6-14H,1-5H3/b18-6-. The van der Waals surface area contributed by atoms with E-state index in [1.807, 2.05) is 0 Å². The number of benzene rings is 2. The van der Waals surface area contributed by atoms with Crippen LogP contribution < -0.4 is 0 Å². The highest BCUT2D eigenvalue weighted by Crippen LogP contribution is 2.50. The van der Waals surface area contributed by atoms with E-state index >= 15 is 0 Å². The summed E-state index contributed by atoms with van der Waals surface area (Å²) in [7, 11) is 0. The second-order valence-corrected chi connectivity index (χ2v) is 6.74. The fraction of sp³-hybridized carbons (Fsp3) is 0.273. The van der Waals surface area contributed by atoms with Gasteiger partial charge in [0.25, 0.3) is 0 Å². The van der Waals surface area contributed by atoms with Crippen molar-refractivity contribution >= 4 is 11.1 Å². The Morgan fingerprint density at radius 1 is 0.909 bits per heavy atom. The molecule has 0 nitrogen and oxygen atoms in total. The molecule has 0 unspecified atom stereocenters. The Hall–Kier alpha value is -2.08. The Balaban J connectivity index is 2.22. The van der Waals surface area contributed by atoms with Gasteiger partial charge in [0.1, 0.15) is 0 Å². The summed E-state index contributed by atoms with van der Waals surface area (Å²) in [5.74, 6) is 0. The molecule has 0 aliphatic heterocycles. The molecule has 0 spiro atoms. The van der Waals surface area contributed by atoms with E-state index in [1.165, 1.54) is 39.0 Å². The minimum atomic E-state index is 0.102. The molecule has 2 aromatic rings. The van der Waals surface area contributed by atoms with Gasteiger partial charge in [-0.2, -0.15) is 0 Å². The summed E-state index contributed by atoms with van der Waals surface area (Å²) in [6.07, 6.45) is 2.25. The van der Waals surface area contributed by atoms with E-state index in [-0.39, 0.29) is 5.41 Å². The molecule has 0 saturated carbocycles. The lowest BCUT2D eigenvalue weighted by Gasteiger charge is -2.22. The van der Waals surface area contributed by atoms with Gasteiger partial charge >= 0.3 is 0 Å². The quantitative estimate of drug-likeness (QED) is 0.620. The van der Waals surface area contributed by atoms with Crippen molar-refractivity contribution in [3.8, 4) is 0 Å². The lowest BCUT2D eigenvalue weighted by Crippen LogP contribution is -2.15. The summed E-state index contributed by atoms with van der Waals surface area (Å²) >= 11 is 0. The van der Waals surface area contributed by atoms with E-state index in [1.54, 1.807) is 0 Å². The van der Waals surface area contributed by atoms with Gasteiger partial charge in [-0.15, -0.1) is 0 Å². The summed E-state index contributed by atoms with van der Waals surface area (Å²) in [5, 5.41) is 0. The first-order valence-corrected chi connectivity index (χ1v) is 8.01. The molecule has 1 aliphatic carbocycles. The molecule has 1 aliphatic rings. The zero-order valence-electron chi connectivity index (χ0n) is 14.2. The van der Waals surface area contributed by atoms with E-state index in [0.29, 0.717) is 0 Å². The van der Waals surface area contributed by atoms with Crippen molar-refractivity contribution in [1.82, 2.24) is 0 Å². The van der Waals surface area contributed by atoms with Crippen LogP contribution in [-0.2, 0) is 5.41 Å². The zero-order chi connectivity index (χ0) is 15.9. The summed E-state index contributed by atoms with van der Waals surface area (Å²) in [5.41, 5.74) is 9.75. The second-order valence-electron chi connectivity index (χ2n) is 6.74. The first-order chi connectivity index (χ1) is 10.5. The number of rotatable bonds is 2. The van der Waals surface area contributed by atoms with Crippen molar-refractivity contribution in [3.63, 3.8) is 0 Å². The third-order valence-electron chi connectivity index (χ3n) is 5.10. The molecule has 0 fully saturated rings. The Morgan fingerprint density at radius 2 is 1.55 bits per heavy atom. The van der Waals surface area contributed by atoms with Crippen LogP contribution in [0.5, 0.6) is 0 Å². The molecule has 2 aromatic carbocycles. The molecule has 0 saturated heterocycles. The van der Waals surface area contributed by atoms with Gasteiger partial charge in [0.15, 0.2) is 0 Å². The second kappa shape index (κ2) is 5.28. The molecule has 0 heterocycles. The normalized spacial score (nSPS) is 16.9. The average Bonchev–Trinajstić information content (AvgIpc) is 2.71. The maximum atomic E-state index is 2.33. The van der Waals surface area contributed by atoms with Crippen LogP contribution in [0, 0.1) is 6.92 Å². The van der Waals surface area contributed by atoms with Crippen LogP contribution in [0.15, 0.2) is 60.2 Å². The molecule has 0 heteroatoms. The van der Waals surface area contributed by atoms with Crippen molar-refractivity contribution in [2.24, 2.45) is 0 Å². The molecule has 0 aromatic heterocycles. The molecule has 0 atom stereocenters. The van der Waals surface area contributed by atoms with Crippen LogP contribution in [0.3, 0.4) is 0 Å². The van der Waals surface area contributed by atoms with E-state index in [9.17, 15) is 0 Å². The minimum Gasteiger partial charge on any atom is -0.0792 e. The summed E-state index contributed by atoms with van der Waals surface area (Å²) in [6, 6.07) is 17.7. The number of allylic oxidation sites excluding steroid dienone is 4. The first kappa shape index (κ1) is 14.8. The minimum absolute atomic E-state index is 0.102. The molecule has 0 N–H and O–H groups in total. The number of hydrogen-bond donors (Lipinski definition) is 0. The maximum Gasteiger partial charge on any atom is 0.0118 e. The SMILES string of the molecule is C/C=C(\C1=C(C)C(C)(C)c2ccccc21)c1ccc(C)cc1. The Labute approximate surface area is 134 Å². The monoisotopic (exact) mass is 288 g/mol. The van der Waals surface area contributed by atoms with Gasteiger partial charge < -0.3 is 0 Å². The van der Waals surface area contributed by atoms with Crippen LogP contribution in [0.4, 0.5) is 0 Å². The van der Waals surface area contributed by atoms with Crippen LogP contribution >= 0.6 is 0 Å². The highest BCUT2D eigenvalue weighted by molar-refractivity contribution is 6.09. The zero-order valence-corrected chi connectivity index (χ0v) is 14.2. The fourth-order valence-corrected chi connectivity index (χ4v) is 3.50. The Morgan fingerprint density at radius 3 is 2.18 bits per heavy atom. The van der Waals surface area contributed by atoms with Gasteiger partial charge in [0, 0.05) is 5.41 Å². The molecular formula is C22H24. The van der Waals surface area contributed by atoms with Gasteiger partial charge in [0.05, 0.1) is 0 Å². The molecule has 3 rings (SSSR count). The molecule has 112 valence electrons. The van der Waals surface area contributed by atoms with Crippen molar-refractivity contribution in [1.29, 1.82) is 0 Å². The first-order valence-electron chi connectivity index (χ1n) is 8.01. The predicted molar refractivity (Wildman–Crippen MR) is 96.9 cm³/mol. The van der Waals surface area contributed by atoms with E-state index < -0.39 is 0 Å². The average molecular weight is 288 g/mol. The van der Waals surface area contributed by atoms with E-state index in [4.69, 9.17) is 0 Å². The van der Waals surface area contributed by atoms with Crippen molar-refractivity contribution in [2.45, 2.75) is 40.0 Å². The smallest absolute Gasteiger partial charge is 0.0118 e. The summed E-state index contributed by atoms with van der Waals surface area (Å²) in [6.45, 7) is 11.2. The van der Waals surface area contributed by atoms with Gasteiger partial charge in [-0.05, 0) is 48.6 Å². The van der Waals surface area contributed by atoms with E-state index in [2.05, 4.69) is 89.2 Å². The topological polar surface area (TPSA) is 0 Å². The summed E-state index contributed by atoms with van der Waals surface area (Å²) < 4.78 is 0.